The minimum atomic E-state index is -0.0448. The maximum absolute atomic E-state index is 12.6. The minimum Gasteiger partial charge on any atom is -0.379 e. The van der Waals surface area contributed by atoms with E-state index in [1.165, 1.54) is 5.56 Å². The molecule has 4 rings (SSSR count). The van der Waals surface area contributed by atoms with Crippen LogP contribution in [0.25, 0.3) is 0 Å². The Kier molecular flexibility index (Phi) is 6.71. The molecule has 154 valence electrons. The van der Waals surface area contributed by atoms with Gasteiger partial charge in [-0.1, -0.05) is 30.3 Å². The average molecular weight is 396 g/mol. The van der Waals surface area contributed by atoms with Gasteiger partial charge in [-0.2, -0.15) is 0 Å². The zero-order valence-corrected chi connectivity index (χ0v) is 16.7. The van der Waals surface area contributed by atoms with Crippen molar-refractivity contribution in [2.75, 3.05) is 63.9 Å². The highest BCUT2D eigenvalue weighted by Crippen LogP contribution is 2.21. The second kappa shape index (κ2) is 9.82. The van der Waals surface area contributed by atoms with Crippen molar-refractivity contribution in [2.24, 2.45) is 0 Å². The molecular weight excluding hydrogens is 366 g/mol. The van der Waals surface area contributed by atoms with Gasteiger partial charge in [-0.25, -0.2) is 4.98 Å². The van der Waals surface area contributed by atoms with Crippen LogP contribution in [0, 0.1) is 0 Å². The summed E-state index contributed by atoms with van der Waals surface area (Å²) >= 11 is 0. The summed E-state index contributed by atoms with van der Waals surface area (Å²) in [5.41, 5.74) is 1.93. The molecule has 0 radical (unpaired) electrons. The van der Waals surface area contributed by atoms with Gasteiger partial charge in [0.2, 0.25) is 0 Å². The molecule has 1 amide bonds. The van der Waals surface area contributed by atoms with Crippen LogP contribution in [0.2, 0.25) is 0 Å². The van der Waals surface area contributed by atoms with Crippen molar-refractivity contribution in [3.8, 4) is 0 Å². The second-order valence-corrected chi connectivity index (χ2v) is 7.48. The molecule has 3 heterocycles. The predicted octanol–water partition coefficient (Wildman–Crippen LogP) is 1.29. The number of anilines is 1. The number of benzene rings is 1. The number of nitrogens with zero attached hydrogens (tertiary/aromatic N) is 3. The van der Waals surface area contributed by atoms with E-state index < -0.39 is 0 Å². The third kappa shape index (κ3) is 5.32. The van der Waals surface area contributed by atoms with Crippen molar-refractivity contribution in [3.05, 3.63) is 59.8 Å². The topological polar surface area (TPSA) is 69.7 Å². The summed E-state index contributed by atoms with van der Waals surface area (Å²) in [7, 11) is 0. The highest BCUT2D eigenvalue weighted by Gasteiger charge is 2.22. The number of hydrogen-bond acceptors (Lipinski definition) is 6. The Morgan fingerprint density at radius 1 is 1.17 bits per heavy atom. The molecule has 1 atom stereocenters. The summed E-state index contributed by atoms with van der Waals surface area (Å²) in [6, 6.07) is 14.4. The lowest BCUT2D eigenvalue weighted by molar-refractivity contribution is 0.0383. The lowest BCUT2D eigenvalue weighted by Crippen LogP contribution is -2.46. The van der Waals surface area contributed by atoms with Crippen LogP contribution in [0.3, 0.4) is 0 Å². The highest BCUT2D eigenvalue weighted by molar-refractivity contribution is 5.94. The summed E-state index contributed by atoms with van der Waals surface area (Å²) in [5, 5.41) is 6.60. The van der Waals surface area contributed by atoms with Crippen LogP contribution in [-0.2, 0) is 4.74 Å². The van der Waals surface area contributed by atoms with Crippen LogP contribution >= 0.6 is 0 Å². The Labute approximate surface area is 172 Å². The second-order valence-electron chi connectivity index (χ2n) is 7.48. The first-order valence-corrected chi connectivity index (χ1v) is 10.4. The molecule has 2 N–H and O–H groups in total. The molecular formula is C22H29N5O2. The summed E-state index contributed by atoms with van der Waals surface area (Å²) in [6.45, 7) is 7.49. The largest absolute Gasteiger partial charge is 0.379 e. The van der Waals surface area contributed by atoms with Gasteiger partial charge in [-0.3, -0.25) is 9.69 Å². The molecule has 2 aliphatic heterocycles. The van der Waals surface area contributed by atoms with Crippen LogP contribution in [-0.4, -0.2) is 74.8 Å². The van der Waals surface area contributed by atoms with Gasteiger partial charge in [0.1, 0.15) is 5.82 Å². The van der Waals surface area contributed by atoms with Gasteiger partial charge in [0, 0.05) is 63.6 Å². The molecule has 0 unspecified atom stereocenters. The Balaban J connectivity index is 1.34. The number of ether oxygens (including phenoxy) is 1. The van der Waals surface area contributed by atoms with E-state index in [-0.39, 0.29) is 11.9 Å². The number of carbonyl (C=O) groups is 1. The molecule has 2 saturated heterocycles. The van der Waals surface area contributed by atoms with E-state index in [0.717, 1.165) is 58.3 Å². The predicted molar refractivity (Wildman–Crippen MR) is 113 cm³/mol. The Morgan fingerprint density at radius 3 is 2.83 bits per heavy atom. The molecule has 0 aliphatic carbocycles. The third-order valence-electron chi connectivity index (χ3n) is 5.53. The van der Waals surface area contributed by atoms with Crippen molar-refractivity contribution in [1.82, 2.24) is 20.5 Å². The highest BCUT2D eigenvalue weighted by atomic mass is 16.5. The fourth-order valence-electron chi connectivity index (χ4n) is 3.85. The van der Waals surface area contributed by atoms with E-state index in [2.05, 4.69) is 49.7 Å². The van der Waals surface area contributed by atoms with Crippen molar-refractivity contribution < 1.29 is 9.53 Å². The van der Waals surface area contributed by atoms with E-state index in [0.29, 0.717) is 12.1 Å². The molecule has 1 aromatic heterocycles. The van der Waals surface area contributed by atoms with E-state index in [4.69, 9.17) is 4.74 Å². The quantitative estimate of drug-likeness (QED) is 0.768. The molecule has 2 fully saturated rings. The number of hydrogen-bond donors (Lipinski definition) is 2. The summed E-state index contributed by atoms with van der Waals surface area (Å²) in [4.78, 5) is 21.7. The first-order chi connectivity index (χ1) is 14.3. The number of rotatable bonds is 6. The number of amides is 1. The lowest BCUT2D eigenvalue weighted by Gasteiger charge is -2.35. The van der Waals surface area contributed by atoms with Gasteiger partial charge in [0.15, 0.2) is 0 Å². The average Bonchev–Trinajstić information content (AvgIpc) is 2.80. The summed E-state index contributed by atoms with van der Waals surface area (Å²) in [5.74, 6) is 0.810. The zero-order valence-electron chi connectivity index (χ0n) is 16.7. The van der Waals surface area contributed by atoms with E-state index in [9.17, 15) is 4.79 Å². The molecule has 1 aromatic carbocycles. The Hall–Kier alpha value is -2.48. The minimum absolute atomic E-state index is 0.0448. The van der Waals surface area contributed by atoms with Gasteiger partial charge >= 0.3 is 0 Å². The van der Waals surface area contributed by atoms with Gasteiger partial charge in [-0.05, 0) is 17.7 Å². The van der Waals surface area contributed by atoms with E-state index >= 15 is 0 Å². The van der Waals surface area contributed by atoms with Crippen molar-refractivity contribution in [1.29, 1.82) is 0 Å². The van der Waals surface area contributed by atoms with Gasteiger partial charge < -0.3 is 20.3 Å². The first kappa shape index (κ1) is 19.8. The molecule has 7 heteroatoms. The molecule has 0 bridgehead atoms. The number of carbonyl (C=O) groups excluding carboxylic acids is 1. The maximum atomic E-state index is 12.6. The van der Waals surface area contributed by atoms with Gasteiger partial charge in [0.05, 0.1) is 13.2 Å². The van der Waals surface area contributed by atoms with Crippen molar-refractivity contribution >= 4 is 11.7 Å². The van der Waals surface area contributed by atoms with Crippen LogP contribution in [0.5, 0.6) is 0 Å². The van der Waals surface area contributed by atoms with E-state index in [1.54, 1.807) is 12.3 Å². The lowest BCUT2D eigenvalue weighted by atomic mass is 10.0. The fourth-order valence-corrected chi connectivity index (χ4v) is 3.85. The SMILES string of the molecule is O=C(NCCN1CCOCC1)c1ccnc(N2CCN[C@@H](c3ccccc3)C2)c1. The Morgan fingerprint density at radius 2 is 2.00 bits per heavy atom. The zero-order chi connectivity index (χ0) is 19.9. The van der Waals surface area contributed by atoms with Crippen LogP contribution < -0.4 is 15.5 Å². The molecule has 0 saturated carbocycles. The van der Waals surface area contributed by atoms with Crippen molar-refractivity contribution in [3.63, 3.8) is 0 Å². The van der Waals surface area contributed by atoms with Crippen LogP contribution in [0.15, 0.2) is 48.7 Å². The summed E-state index contributed by atoms with van der Waals surface area (Å²) in [6.07, 6.45) is 1.73. The molecule has 2 aromatic rings. The summed E-state index contributed by atoms with van der Waals surface area (Å²) < 4.78 is 5.36. The van der Waals surface area contributed by atoms with Crippen LogP contribution in [0.1, 0.15) is 22.0 Å². The van der Waals surface area contributed by atoms with Crippen molar-refractivity contribution in [2.45, 2.75) is 6.04 Å². The number of morpholine rings is 1. The number of piperazine rings is 1. The Bertz CT molecular complexity index is 795. The standard InChI is InChI=1S/C22H29N5O2/c28-22(25-8-10-26-12-14-29-15-13-26)19-6-7-24-21(16-19)27-11-9-23-20(17-27)18-4-2-1-3-5-18/h1-7,16,20,23H,8-15,17H2,(H,25,28)/t20-/m1/s1. The molecule has 29 heavy (non-hydrogen) atoms. The van der Waals surface area contributed by atoms with Gasteiger partial charge in [0.25, 0.3) is 5.91 Å². The first-order valence-electron chi connectivity index (χ1n) is 10.4. The monoisotopic (exact) mass is 395 g/mol. The number of aromatic nitrogens is 1. The molecule has 2 aliphatic rings. The third-order valence-corrected chi connectivity index (χ3v) is 5.53. The molecule has 7 nitrogen and oxygen atoms in total. The van der Waals surface area contributed by atoms with E-state index in [1.807, 2.05) is 12.1 Å². The number of nitrogens with one attached hydrogen (secondary N) is 2. The number of pyridine rings is 1. The fraction of sp³-hybridized carbons (Fsp3) is 0.455. The maximum Gasteiger partial charge on any atom is 0.251 e. The smallest absolute Gasteiger partial charge is 0.251 e. The van der Waals surface area contributed by atoms with Crippen LogP contribution in [0.4, 0.5) is 5.82 Å². The normalized spacial score (nSPS) is 20.4. The molecule has 0 spiro atoms. The van der Waals surface area contributed by atoms with Gasteiger partial charge in [-0.15, -0.1) is 0 Å².